The minimum absolute atomic E-state index is 0.0641. The van der Waals surface area contributed by atoms with Crippen molar-refractivity contribution in [3.05, 3.63) is 58.0 Å². The van der Waals surface area contributed by atoms with Crippen molar-refractivity contribution in [2.24, 2.45) is 0 Å². The molecular weight excluding hydrogens is 291 g/mol. The van der Waals surface area contributed by atoms with Crippen LogP contribution in [0.4, 0.5) is 4.39 Å². The van der Waals surface area contributed by atoms with Gasteiger partial charge in [0.05, 0.1) is 12.1 Å². The third-order valence-electron chi connectivity index (χ3n) is 2.94. The quantitative estimate of drug-likeness (QED) is 0.921. The molecule has 110 valence electrons. The third-order valence-corrected chi connectivity index (χ3v) is 3.68. The maximum absolute atomic E-state index is 13.4. The summed E-state index contributed by atoms with van der Waals surface area (Å²) in [5.74, 6) is -1.43. The zero-order chi connectivity index (χ0) is 15.2. The van der Waals surface area contributed by atoms with E-state index in [0.29, 0.717) is 6.54 Å². The maximum atomic E-state index is 13.4. The van der Waals surface area contributed by atoms with Crippen LogP contribution < -0.4 is 5.32 Å². The summed E-state index contributed by atoms with van der Waals surface area (Å²) in [5.41, 5.74) is 0.974. The molecule has 0 aliphatic rings. The average Bonchev–Trinajstić information content (AvgIpc) is 2.97. The molecule has 6 heteroatoms. The molecule has 0 bridgehead atoms. The summed E-state index contributed by atoms with van der Waals surface area (Å²) in [7, 11) is 1.66. The molecule has 0 unspecified atom stereocenters. The van der Waals surface area contributed by atoms with Crippen LogP contribution in [0.5, 0.6) is 0 Å². The lowest BCUT2D eigenvalue weighted by molar-refractivity contribution is -0.129. The number of likely N-dealkylation sites (N-methyl/N-ethyl adjacent to an activating group) is 1. The zero-order valence-corrected chi connectivity index (χ0v) is 12.3. The summed E-state index contributed by atoms with van der Waals surface area (Å²) < 4.78 is 13.4. The van der Waals surface area contributed by atoms with E-state index in [2.05, 4.69) is 5.32 Å². The number of nitrogens with zero attached hydrogens (tertiary/aromatic N) is 1. The number of rotatable bonds is 5. The van der Waals surface area contributed by atoms with Crippen LogP contribution in [0.2, 0.25) is 0 Å². The molecular formula is C15H15FN2O2S. The Hall–Kier alpha value is -2.21. The second kappa shape index (κ2) is 6.99. The first-order chi connectivity index (χ1) is 10.1. The first kappa shape index (κ1) is 15.2. The molecule has 4 nitrogen and oxygen atoms in total. The molecule has 0 saturated carbocycles. The second-order valence-corrected chi connectivity index (χ2v) is 5.32. The number of hydrogen-bond donors (Lipinski definition) is 1. The molecule has 2 aromatic rings. The van der Waals surface area contributed by atoms with Gasteiger partial charge in [-0.05, 0) is 34.5 Å². The van der Waals surface area contributed by atoms with Gasteiger partial charge in [0.25, 0.3) is 5.91 Å². The molecule has 1 aromatic heterocycles. The molecule has 21 heavy (non-hydrogen) atoms. The van der Waals surface area contributed by atoms with Crippen molar-refractivity contribution in [2.75, 3.05) is 13.6 Å². The summed E-state index contributed by atoms with van der Waals surface area (Å²) in [6.45, 7) is 0.325. The van der Waals surface area contributed by atoms with Crippen LogP contribution in [0.15, 0.2) is 41.1 Å². The average molecular weight is 306 g/mol. The Morgan fingerprint density at radius 3 is 2.71 bits per heavy atom. The molecule has 0 radical (unpaired) electrons. The molecule has 0 saturated heterocycles. The van der Waals surface area contributed by atoms with Gasteiger partial charge in [0.2, 0.25) is 5.91 Å². The molecule has 0 atom stereocenters. The molecule has 1 aromatic carbocycles. The number of halogens is 1. The van der Waals surface area contributed by atoms with E-state index in [1.165, 1.54) is 23.1 Å². The Kier molecular flexibility index (Phi) is 5.05. The fourth-order valence-electron chi connectivity index (χ4n) is 1.78. The molecule has 0 spiro atoms. The normalized spacial score (nSPS) is 10.2. The molecule has 0 aliphatic heterocycles. The summed E-state index contributed by atoms with van der Waals surface area (Å²) in [4.78, 5) is 25.2. The highest BCUT2D eigenvalue weighted by molar-refractivity contribution is 7.07. The van der Waals surface area contributed by atoms with Crippen molar-refractivity contribution in [2.45, 2.75) is 6.54 Å². The largest absolute Gasteiger partial charge is 0.343 e. The number of benzene rings is 1. The SMILES string of the molecule is CN(Cc1ccsc1)C(=O)CNC(=O)c1ccccc1F. The van der Waals surface area contributed by atoms with E-state index in [1.54, 1.807) is 24.5 Å². The van der Waals surface area contributed by atoms with Crippen LogP contribution in [0.3, 0.4) is 0 Å². The molecule has 0 aliphatic carbocycles. The van der Waals surface area contributed by atoms with E-state index in [4.69, 9.17) is 0 Å². The first-order valence-electron chi connectivity index (χ1n) is 6.35. The molecule has 1 N–H and O–H groups in total. The topological polar surface area (TPSA) is 49.4 Å². The van der Waals surface area contributed by atoms with Gasteiger partial charge in [-0.1, -0.05) is 12.1 Å². The highest BCUT2D eigenvalue weighted by Crippen LogP contribution is 2.08. The minimum Gasteiger partial charge on any atom is -0.343 e. The van der Waals surface area contributed by atoms with Gasteiger partial charge in [0.15, 0.2) is 0 Å². The van der Waals surface area contributed by atoms with Crippen LogP contribution in [0.25, 0.3) is 0 Å². The highest BCUT2D eigenvalue weighted by Gasteiger charge is 2.14. The van der Waals surface area contributed by atoms with Crippen LogP contribution >= 0.6 is 11.3 Å². The van der Waals surface area contributed by atoms with Crippen molar-refractivity contribution in [1.29, 1.82) is 0 Å². The Bertz CT molecular complexity index is 628. The first-order valence-corrected chi connectivity index (χ1v) is 7.30. The number of amides is 2. The summed E-state index contributed by atoms with van der Waals surface area (Å²) in [5, 5.41) is 6.33. The Morgan fingerprint density at radius 2 is 2.05 bits per heavy atom. The molecule has 2 rings (SSSR count). The van der Waals surface area contributed by atoms with Crippen molar-refractivity contribution in [3.63, 3.8) is 0 Å². The van der Waals surface area contributed by atoms with E-state index < -0.39 is 11.7 Å². The van der Waals surface area contributed by atoms with Gasteiger partial charge in [-0.3, -0.25) is 9.59 Å². The lowest BCUT2D eigenvalue weighted by Gasteiger charge is -2.16. The van der Waals surface area contributed by atoms with Crippen molar-refractivity contribution < 1.29 is 14.0 Å². The predicted octanol–water partition coefficient (Wildman–Crippen LogP) is 2.28. The lowest BCUT2D eigenvalue weighted by atomic mass is 10.2. The van der Waals surface area contributed by atoms with Gasteiger partial charge in [0.1, 0.15) is 5.82 Å². The number of thiophene rings is 1. The standard InChI is InChI=1S/C15H15FN2O2S/c1-18(9-11-6-7-21-10-11)14(19)8-17-15(20)12-4-2-3-5-13(12)16/h2-7,10H,8-9H2,1H3,(H,17,20). The van der Waals surface area contributed by atoms with Gasteiger partial charge in [-0.25, -0.2) is 4.39 Å². The second-order valence-electron chi connectivity index (χ2n) is 4.54. The van der Waals surface area contributed by atoms with Crippen LogP contribution in [-0.4, -0.2) is 30.3 Å². The lowest BCUT2D eigenvalue weighted by Crippen LogP contribution is -2.38. The Balaban J connectivity index is 1.86. The van der Waals surface area contributed by atoms with Crippen molar-refractivity contribution >= 4 is 23.2 Å². The van der Waals surface area contributed by atoms with Gasteiger partial charge in [0, 0.05) is 13.6 Å². The van der Waals surface area contributed by atoms with Crippen molar-refractivity contribution in [3.8, 4) is 0 Å². The molecule has 2 amide bonds. The fraction of sp³-hybridized carbons (Fsp3) is 0.200. The van der Waals surface area contributed by atoms with E-state index in [9.17, 15) is 14.0 Å². The summed E-state index contributed by atoms with van der Waals surface area (Å²) >= 11 is 1.56. The van der Waals surface area contributed by atoms with E-state index in [1.807, 2.05) is 16.8 Å². The Labute approximate surface area is 126 Å². The summed E-state index contributed by atoms with van der Waals surface area (Å²) in [6.07, 6.45) is 0. The van der Waals surface area contributed by atoms with E-state index >= 15 is 0 Å². The number of carbonyl (C=O) groups is 2. The van der Waals surface area contributed by atoms with Crippen LogP contribution in [0.1, 0.15) is 15.9 Å². The molecule has 1 heterocycles. The van der Waals surface area contributed by atoms with Gasteiger partial charge in [-0.15, -0.1) is 0 Å². The van der Waals surface area contributed by atoms with Gasteiger partial charge >= 0.3 is 0 Å². The highest BCUT2D eigenvalue weighted by atomic mass is 32.1. The van der Waals surface area contributed by atoms with Crippen molar-refractivity contribution in [1.82, 2.24) is 10.2 Å². The Morgan fingerprint density at radius 1 is 1.29 bits per heavy atom. The number of nitrogens with one attached hydrogen (secondary N) is 1. The van der Waals surface area contributed by atoms with Gasteiger partial charge in [-0.2, -0.15) is 11.3 Å². The maximum Gasteiger partial charge on any atom is 0.254 e. The zero-order valence-electron chi connectivity index (χ0n) is 11.5. The fourth-order valence-corrected chi connectivity index (χ4v) is 2.44. The third kappa shape index (κ3) is 4.13. The van der Waals surface area contributed by atoms with E-state index in [0.717, 1.165) is 5.56 Å². The number of carbonyl (C=O) groups excluding carboxylic acids is 2. The minimum atomic E-state index is -0.603. The van der Waals surface area contributed by atoms with Crippen LogP contribution in [0, 0.1) is 5.82 Å². The number of hydrogen-bond acceptors (Lipinski definition) is 3. The monoisotopic (exact) mass is 306 g/mol. The van der Waals surface area contributed by atoms with E-state index in [-0.39, 0.29) is 18.0 Å². The smallest absolute Gasteiger partial charge is 0.254 e. The summed E-state index contributed by atoms with van der Waals surface area (Å²) in [6, 6.07) is 7.60. The molecule has 0 fully saturated rings. The predicted molar refractivity (Wildman–Crippen MR) is 79.5 cm³/mol. The van der Waals surface area contributed by atoms with Gasteiger partial charge < -0.3 is 10.2 Å². The van der Waals surface area contributed by atoms with Crippen LogP contribution in [-0.2, 0) is 11.3 Å².